The van der Waals surface area contributed by atoms with E-state index in [2.05, 4.69) is 0 Å². The largest absolute Gasteiger partial charge is 0.488 e. The van der Waals surface area contributed by atoms with Crippen LogP contribution in [0, 0.1) is 5.92 Å². The molecule has 0 saturated heterocycles. The number of Topliss-reactive ketones (excluding diaryl/α,β-unsaturated/α-hetero) is 1. The van der Waals surface area contributed by atoms with Crippen LogP contribution >= 0.6 is 0 Å². The van der Waals surface area contributed by atoms with Crippen LogP contribution in [0.5, 0.6) is 0 Å². The highest BCUT2D eigenvalue weighted by atomic mass is 16.5. The Hall–Kier alpha value is -2.10. The van der Waals surface area contributed by atoms with E-state index in [-0.39, 0.29) is 30.0 Å². The number of hydrogen-bond acceptors (Lipinski definition) is 4. The van der Waals surface area contributed by atoms with Crippen LogP contribution in [0.2, 0.25) is 0 Å². The summed E-state index contributed by atoms with van der Waals surface area (Å²) < 4.78 is 11.0. The predicted octanol–water partition coefficient (Wildman–Crippen LogP) is 2.97. The van der Waals surface area contributed by atoms with E-state index in [1.807, 2.05) is 37.3 Å². The summed E-state index contributed by atoms with van der Waals surface area (Å²) in [5, 5.41) is 0. The molecule has 2 rings (SSSR count). The third-order valence-corrected chi connectivity index (χ3v) is 3.63. The van der Waals surface area contributed by atoms with Crippen molar-refractivity contribution in [1.82, 2.24) is 0 Å². The molecule has 0 fully saturated rings. The Morgan fingerprint density at radius 3 is 2.48 bits per heavy atom. The van der Waals surface area contributed by atoms with Crippen LogP contribution in [-0.2, 0) is 19.1 Å². The molecule has 4 heteroatoms. The van der Waals surface area contributed by atoms with Crippen LogP contribution in [0.3, 0.4) is 0 Å². The maximum atomic E-state index is 12.6. The Kier molecular flexibility index (Phi) is 4.78. The van der Waals surface area contributed by atoms with Crippen molar-refractivity contribution in [2.75, 3.05) is 6.61 Å². The molecule has 0 amide bonds. The minimum absolute atomic E-state index is 0.0280. The first-order valence-electron chi connectivity index (χ1n) is 7.27. The van der Waals surface area contributed by atoms with Crippen molar-refractivity contribution in [3.8, 4) is 0 Å². The number of rotatable bonds is 4. The van der Waals surface area contributed by atoms with Crippen LogP contribution in [-0.4, -0.2) is 24.5 Å². The minimum Gasteiger partial charge on any atom is -0.488 e. The Balaban J connectivity index is 2.54. The maximum absolute atomic E-state index is 12.6. The van der Waals surface area contributed by atoms with Crippen LogP contribution in [0.25, 0.3) is 5.76 Å². The van der Waals surface area contributed by atoms with Gasteiger partial charge in [-0.05, 0) is 13.3 Å². The molecule has 1 heterocycles. The molecule has 112 valence electrons. The van der Waals surface area contributed by atoms with Gasteiger partial charge in [-0.3, -0.25) is 4.79 Å². The molecule has 0 bridgehead atoms. The zero-order chi connectivity index (χ0) is 15.4. The maximum Gasteiger partial charge on any atom is 0.345 e. The van der Waals surface area contributed by atoms with Gasteiger partial charge in [0.25, 0.3) is 0 Å². The Morgan fingerprint density at radius 1 is 1.24 bits per heavy atom. The molecule has 1 aliphatic rings. The van der Waals surface area contributed by atoms with Crippen molar-refractivity contribution in [2.45, 2.75) is 33.3 Å². The first kappa shape index (κ1) is 15.3. The monoisotopic (exact) mass is 288 g/mol. The van der Waals surface area contributed by atoms with Gasteiger partial charge in [0.2, 0.25) is 0 Å². The molecule has 2 atom stereocenters. The zero-order valence-electron chi connectivity index (χ0n) is 12.6. The number of benzene rings is 1. The second-order valence-electron chi connectivity index (χ2n) is 5.01. The lowest BCUT2D eigenvalue weighted by molar-refractivity contribution is -0.141. The van der Waals surface area contributed by atoms with Gasteiger partial charge in [0, 0.05) is 5.56 Å². The predicted molar refractivity (Wildman–Crippen MR) is 79.3 cm³/mol. The van der Waals surface area contributed by atoms with E-state index < -0.39 is 5.97 Å². The second kappa shape index (κ2) is 6.57. The SMILES string of the molecule is CCOC(=O)C1=C(c2ccccc2)O[C@H](CC)[C@H](C)C1=O. The van der Waals surface area contributed by atoms with Gasteiger partial charge in [-0.2, -0.15) is 0 Å². The highest BCUT2D eigenvalue weighted by Crippen LogP contribution is 2.33. The first-order valence-corrected chi connectivity index (χ1v) is 7.27. The summed E-state index contributed by atoms with van der Waals surface area (Å²) in [7, 11) is 0. The smallest absolute Gasteiger partial charge is 0.345 e. The highest BCUT2D eigenvalue weighted by molar-refractivity contribution is 6.23. The average molecular weight is 288 g/mol. The van der Waals surface area contributed by atoms with Gasteiger partial charge >= 0.3 is 5.97 Å². The van der Waals surface area contributed by atoms with E-state index >= 15 is 0 Å². The van der Waals surface area contributed by atoms with Gasteiger partial charge in [0.05, 0.1) is 12.5 Å². The number of hydrogen-bond donors (Lipinski definition) is 0. The lowest BCUT2D eigenvalue weighted by atomic mass is 9.88. The fourth-order valence-electron chi connectivity index (χ4n) is 2.46. The summed E-state index contributed by atoms with van der Waals surface area (Å²) in [6.07, 6.45) is 0.491. The average Bonchev–Trinajstić information content (AvgIpc) is 2.50. The number of carbonyl (C=O) groups excluding carboxylic acids is 2. The molecule has 0 aromatic heterocycles. The zero-order valence-corrected chi connectivity index (χ0v) is 12.6. The Bertz CT molecular complexity index is 559. The van der Waals surface area contributed by atoms with E-state index in [0.717, 1.165) is 5.56 Å². The molecule has 4 nitrogen and oxygen atoms in total. The van der Waals surface area contributed by atoms with Crippen molar-refractivity contribution in [1.29, 1.82) is 0 Å². The summed E-state index contributed by atoms with van der Waals surface area (Å²) in [5.74, 6) is -0.820. The summed E-state index contributed by atoms with van der Waals surface area (Å²) in [5.41, 5.74) is 0.750. The Labute approximate surface area is 124 Å². The molecule has 21 heavy (non-hydrogen) atoms. The van der Waals surface area contributed by atoms with E-state index in [1.54, 1.807) is 13.8 Å². The third kappa shape index (κ3) is 2.99. The highest BCUT2D eigenvalue weighted by Gasteiger charge is 2.39. The normalized spacial score (nSPS) is 22.0. The number of carbonyl (C=O) groups is 2. The summed E-state index contributed by atoms with van der Waals surface area (Å²) in [6, 6.07) is 9.21. The van der Waals surface area contributed by atoms with Gasteiger partial charge in [0.15, 0.2) is 5.78 Å². The van der Waals surface area contributed by atoms with Gasteiger partial charge in [-0.15, -0.1) is 0 Å². The van der Waals surface area contributed by atoms with Crippen LogP contribution in [0.4, 0.5) is 0 Å². The Morgan fingerprint density at radius 2 is 1.90 bits per heavy atom. The molecule has 0 N–H and O–H groups in total. The number of ether oxygens (including phenoxy) is 2. The molecular formula is C17H20O4. The number of esters is 1. The minimum atomic E-state index is -0.609. The molecule has 1 aromatic carbocycles. The van der Waals surface area contributed by atoms with E-state index in [4.69, 9.17) is 9.47 Å². The third-order valence-electron chi connectivity index (χ3n) is 3.63. The van der Waals surface area contributed by atoms with Crippen molar-refractivity contribution in [2.24, 2.45) is 5.92 Å². The molecule has 0 unspecified atom stereocenters. The molecule has 1 aromatic rings. The van der Waals surface area contributed by atoms with E-state index in [0.29, 0.717) is 12.2 Å². The van der Waals surface area contributed by atoms with Gasteiger partial charge < -0.3 is 9.47 Å². The molecule has 0 radical (unpaired) electrons. The van der Waals surface area contributed by atoms with Gasteiger partial charge in [0.1, 0.15) is 17.4 Å². The van der Waals surface area contributed by atoms with Crippen molar-refractivity contribution < 1.29 is 19.1 Å². The fourth-order valence-corrected chi connectivity index (χ4v) is 2.46. The van der Waals surface area contributed by atoms with Crippen molar-refractivity contribution in [3.05, 3.63) is 41.5 Å². The van der Waals surface area contributed by atoms with Gasteiger partial charge in [-0.25, -0.2) is 4.79 Å². The molecule has 0 spiro atoms. The quantitative estimate of drug-likeness (QED) is 0.631. The lowest BCUT2D eigenvalue weighted by Gasteiger charge is -2.31. The van der Waals surface area contributed by atoms with Crippen LogP contribution < -0.4 is 0 Å². The molecule has 0 aliphatic carbocycles. The van der Waals surface area contributed by atoms with Gasteiger partial charge in [-0.1, -0.05) is 44.2 Å². The molecular weight excluding hydrogens is 268 g/mol. The number of ketones is 1. The second-order valence-corrected chi connectivity index (χ2v) is 5.01. The summed E-state index contributed by atoms with van der Waals surface area (Å²) in [4.78, 5) is 24.7. The summed E-state index contributed by atoms with van der Waals surface area (Å²) >= 11 is 0. The van der Waals surface area contributed by atoms with Crippen molar-refractivity contribution >= 4 is 17.5 Å². The summed E-state index contributed by atoms with van der Waals surface area (Å²) in [6.45, 7) is 5.69. The van der Waals surface area contributed by atoms with Crippen LogP contribution in [0.1, 0.15) is 32.8 Å². The van der Waals surface area contributed by atoms with E-state index in [9.17, 15) is 9.59 Å². The lowest BCUT2D eigenvalue weighted by Crippen LogP contribution is -2.37. The van der Waals surface area contributed by atoms with E-state index in [1.165, 1.54) is 0 Å². The molecule has 0 saturated carbocycles. The standard InChI is InChI=1S/C17H20O4/c1-4-13-11(3)15(18)14(17(19)20-5-2)16(21-13)12-9-7-6-8-10-12/h6-11,13H,4-5H2,1-3H3/t11-,13+/m0/s1. The first-order chi connectivity index (χ1) is 10.1. The fraction of sp³-hybridized carbons (Fsp3) is 0.412. The van der Waals surface area contributed by atoms with Crippen molar-refractivity contribution in [3.63, 3.8) is 0 Å². The van der Waals surface area contributed by atoms with Crippen LogP contribution in [0.15, 0.2) is 35.9 Å². The molecule has 1 aliphatic heterocycles. The topological polar surface area (TPSA) is 52.6 Å².